The first-order valence-electron chi connectivity index (χ1n) is 12.1. The van der Waals surface area contributed by atoms with Crippen molar-refractivity contribution in [3.63, 3.8) is 0 Å². The third kappa shape index (κ3) is 5.39. The molecule has 5 rings (SSSR count). The molecule has 7 nitrogen and oxygen atoms in total. The van der Waals surface area contributed by atoms with Gasteiger partial charge in [0.1, 0.15) is 24.1 Å². The molecule has 0 saturated carbocycles. The monoisotopic (exact) mass is 560 g/mol. The van der Waals surface area contributed by atoms with Crippen LogP contribution in [-0.4, -0.2) is 24.8 Å². The maximum Gasteiger partial charge on any atom is 0.338 e. The largest absolute Gasteiger partial charge is 0.496 e. The van der Waals surface area contributed by atoms with E-state index in [2.05, 4.69) is 4.99 Å². The van der Waals surface area contributed by atoms with E-state index in [0.717, 1.165) is 11.1 Å². The van der Waals surface area contributed by atoms with Crippen molar-refractivity contribution in [2.45, 2.75) is 19.6 Å². The molecular weight excluding hydrogens is 536 g/mol. The highest BCUT2D eigenvalue weighted by Gasteiger charge is 2.35. The van der Waals surface area contributed by atoms with Gasteiger partial charge in [-0.15, -0.1) is 0 Å². The second kappa shape index (κ2) is 11.3. The molecule has 1 aromatic heterocycles. The lowest BCUT2D eigenvalue weighted by Gasteiger charge is -2.25. The highest BCUT2D eigenvalue weighted by Crippen LogP contribution is 2.37. The predicted molar refractivity (Wildman–Crippen MR) is 151 cm³/mol. The zero-order valence-corrected chi connectivity index (χ0v) is 23.1. The fraction of sp³-hybridized carbons (Fsp3) is 0.167. The topological polar surface area (TPSA) is 79.1 Å². The Morgan fingerprint density at radius 2 is 1.87 bits per heavy atom. The number of thiazole rings is 1. The Balaban J connectivity index is 1.60. The minimum Gasteiger partial charge on any atom is -0.496 e. The van der Waals surface area contributed by atoms with Crippen LogP contribution in [0.5, 0.6) is 11.5 Å². The summed E-state index contributed by atoms with van der Waals surface area (Å²) in [5, 5.41) is 0.444. The van der Waals surface area contributed by atoms with Crippen LogP contribution in [-0.2, 0) is 16.1 Å². The van der Waals surface area contributed by atoms with Gasteiger partial charge < -0.3 is 14.2 Å². The lowest BCUT2D eigenvalue weighted by atomic mass is 9.95. The SMILES string of the molecule is COC(=O)C1=C(C)N=c2s/c(=C\c3cccc(OCc4ccccc4)c3)c(=O)n2[C@H]1c1cc(Cl)ccc1OC. The summed E-state index contributed by atoms with van der Waals surface area (Å²) in [5.74, 6) is 0.588. The van der Waals surface area contributed by atoms with Crippen LogP contribution in [0.4, 0.5) is 0 Å². The van der Waals surface area contributed by atoms with Crippen LogP contribution in [0.1, 0.15) is 29.7 Å². The Labute approximate surface area is 233 Å². The van der Waals surface area contributed by atoms with Gasteiger partial charge in [0.15, 0.2) is 4.80 Å². The quantitative estimate of drug-likeness (QED) is 0.307. The molecule has 0 spiro atoms. The highest BCUT2D eigenvalue weighted by atomic mass is 35.5. The molecule has 0 saturated heterocycles. The molecule has 0 radical (unpaired) electrons. The number of ether oxygens (including phenoxy) is 3. The molecule has 0 bridgehead atoms. The van der Waals surface area contributed by atoms with E-state index in [-0.39, 0.29) is 11.1 Å². The number of carbonyl (C=O) groups excluding carboxylic acids is 1. The smallest absolute Gasteiger partial charge is 0.338 e. The Bertz CT molecular complexity index is 1760. The first-order valence-corrected chi connectivity index (χ1v) is 13.3. The van der Waals surface area contributed by atoms with E-state index >= 15 is 0 Å². The summed E-state index contributed by atoms with van der Waals surface area (Å²) in [4.78, 5) is 31.8. The van der Waals surface area contributed by atoms with E-state index in [9.17, 15) is 9.59 Å². The molecule has 0 fully saturated rings. The Morgan fingerprint density at radius 1 is 1.08 bits per heavy atom. The highest BCUT2D eigenvalue weighted by molar-refractivity contribution is 7.07. The third-order valence-corrected chi connectivity index (χ3v) is 7.54. The molecule has 1 atom stereocenters. The third-order valence-electron chi connectivity index (χ3n) is 6.32. The molecule has 9 heteroatoms. The van der Waals surface area contributed by atoms with E-state index in [1.54, 1.807) is 31.2 Å². The van der Waals surface area contributed by atoms with Crippen LogP contribution in [0.2, 0.25) is 5.02 Å². The summed E-state index contributed by atoms with van der Waals surface area (Å²) in [6.07, 6.45) is 1.79. The summed E-state index contributed by atoms with van der Waals surface area (Å²) >= 11 is 7.58. The number of esters is 1. The molecule has 0 N–H and O–H groups in total. The molecule has 4 aromatic rings. The molecule has 0 unspecified atom stereocenters. The molecule has 2 heterocycles. The van der Waals surface area contributed by atoms with Gasteiger partial charge in [-0.2, -0.15) is 0 Å². The lowest BCUT2D eigenvalue weighted by Crippen LogP contribution is -2.40. The molecule has 3 aromatic carbocycles. The minimum absolute atomic E-state index is 0.244. The van der Waals surface area contributed by atoms with Crippen LogP contribution in [0.15, 0.2) is 93.9 Å². The van der Waals surface area contributed by atoms with Gasteiger partial charge in [-0.05, 0) is 54.5 Å². The maximum absolute atomic E-state index is 13.8. The number of halogens is 1. The Kier molecular flexibility index (Phi) is 7.67. The summed E-state index contributed by atoms with van der Waals surface area (Å²) in [6, 6.07) is 21.7. The first kappa shape index (κ1) is 26.5. The predicted octanol–water partition coefficient (Wildman–Crippen LogP) is 4.65. The van der Waals surface area contributed by atoms with Gasteiger partial charge in [-0.3, -0.25) is 9.36 Å². The molecule has 1 aliphatic rings. The molecule has 1 aliphatic heterocycles. The van der Waals surface area contributed by atoms with E-state index in [4.69, 9.17) is 25.8 Å². The standard InChI is InChI=1S/C30H25ClN2O5S/c1-18-26(29(35)37-3)27(23-16-21(31)12-13-24(23)36-2)33-28(34)25(39-30(33)32-18)15-20-10-7-11-22(14-20)38-17-19-8-5-4-6-9-19/h4-16,27H,17H2,1-3H3/b25-15-/t27-/m0/s1. The number of carbonyl (C=O) groups is 1. The number of methoxy groups -OCH3 is 2. The van der Waals surface area contributed by atoms with Crippen molar-refractivity contribution in [2.24, 2.45) is 4.99 Å². The number of benzene rings is 3. The van der Waals surface area contributed by atoms with Crippen LogP contribution in [0, 0.1) is 0 Å². The molecule has 0 amide bonds. The van der Waals surface area contributed by atoms with Crippen molar-refractivity contribution in [3.8, 4) is 11.5 Å². The van der Waals surface area contributed by atoms with Crippen LogP contribution in [0.3, 0.4) is 0 Å². The normalized spacial score (nSPS) is 15.0. The van der Waals surface area contributed by atoms with Crippen molar-refractivity contribution in [2.75, 3.05) is 14.2 Å². The molecule has 0 aliphatic carbocycles. The van der Waals surface area contributed by atoms with Crippen molar-refractivity contribution in [1.29, 1.82) is 0 Å². The van der Waals surface area contributed by atoms with Crippen LogP contribution < -0.4 is 24.4 Å². The second-order valence-corrected chi connectivity index (χ2v) is 10.3. The van der Waals surface area contributed by atoms with Gasteiger partial charge in [0.2, 0.25) is 0 Å². The van der Waals surface area contributed by atoms with Crippen molar-refractivity contribution >= 4 is 35.0 Å². The fourth-order valence-electron chi connectivity index (χ4n) is 4.49. The average molecular weight is 561 g/mol. The van der Waals surface area contributed by atoms with E-state index < -0.39 is 12.0 Å². The minimum atomic E-state index is -0.829. The van der Waals surface area contributed by atoms with Crippen molar-refractivity contribution in [1.82, 2.24) is 4.57 Å². The number of allylic oxidation sites excluding steroid dienone is 1. The number of aromatic nitrogens is 1. The summed E-state index contributed by atoms with van der Waals surface area (Å²) in [7, 11) is 2.82. The number of nitrogens with zero attached hydrogens (tertiary/aromatic N) is 2. The van der Waals surface area contributed by atoms with E-state index in [0.29, 0.717) is 43.7 Å². The van der Waals surface area contributed by atoms with E-state index in [1.165, 1.54) is 30.1 Å². The number of hydrogen-bond acceptors (Lipinski definition) is 7. The lowest BCUT2D eigenvalue weighted by molar-refractivity contribution is -0.136. The first-order chi connectivity index (χ1) is 18.9. The van der Waals surface area contributed by atoms with Crippen molar-refractivity contribution in [3.05, 3.63) is 125 Å². The summed E-state index contributed by atoms with van der Waals surface area (Å²) < 4.78 is 18.6. The van der Waals surface area contributed by atoms with Crippen molar-refractivity contribution < 1.29 is 19.0 Å². The van der Waals surface area contributed by atoms with Crippen LogP contribution in [0.25, 0.3) is 6.08 Å². The van der Waals surface area contributed by atoms with Gasteiger partial charge in [-0.25, -0.2) is 9.79 Å². The fourth-order valence-corrected chi connectivity index (χ4v) is 5.72. The zero-order valence-electron chi connectivity index (χ0n) is 21.5. The Morgan fingerprint density at radius 3 is 2.62 bits per heavy atom. The van der Waals surface area contributed by atoms with Gasteiger partial charge in [0.05, 0.1) is 30.0 Å². The zero-order chi connectivity index (χ0) is 27.5. The number of rotatable bonds is 7. The molecule has 39 heavy (non-hydrogen) atoms. The summed E-state index contributed by atoms with van der Waals surface area (Å²) in [5.41, 5.74) is 2.82. The van der Waals surface area contributed by atoms with E-state index in [1.807, 2.05) is 54.6 Å². The summed E-state index contributed by atoms with van der Waals surface area (Å²) in [6.45, 7) is 2.16. The second-order valence-electron chi connectivity index (χ2n) is 8.81. The van der Waals surface area contributed by atoms with Gasteiger partial charge in [0.25, 0.3) is 5.56 Å². The number of fused-ring (bicyclic) bond motifs is 1. The Hall–Kier alpha value is -4.14. The van der Waals surface area contributed by atoms with Gasteiger partial charge in [0, 0.05) is 10.6 Å². The van der Waals surface area contributed by atoms with Gasteiger partial charge in [-0.1, -0.05) is 65.4 Å². The average Bonchev–Trinajstić information content (AvgIpc) is 3.25. The molecular formula is C30H25ClN2O5S. The maximum atomic E-state index is 13.8. The van der Waals surface area contributed by atoms with Crippen LogP contribution >= 0.6 is 22.9 Å². The molecule has 198 valence electrons. The van der Waals surface area contributed by atoms with Gasteiger partial charge >= 0.3 is 5.97 Å². The number of hydrogen-bond donors (Lipinski definition) is 0.